The molecule has 0 aliphatic heterocycles. The first-order valence-electron chi connectivity index (χ1n) is 5.87. The molecule has 1 fully saturated rings. The molecule has 1 aromatic rings. The van der Waals surface area contributed by atoms with E-state index in [0.717, 1.165) is 19.3 Å². The van der Waals surface area contributed by atoms with Crippen molar-refractivity contribution in [1.82, 2.24) is 0 Å². The van der Waals surface area contributed by atoms with Gasteiger partial charge in [-0.3, -0.25) is 10.1 Å². The lowest BCUT2D eigenvalue weighted by atomic mass is 9.95. The van der Waals surface area contributed by atoms with Gasteiger partial charge in [0.25, 0.3) is 0 Å². The van der Waals surface area contributed by atoms with E-state index in [4.69, 9.17) is 4.74 Å². The first kappa shape index (κ1) is 13.3. The Labute approximate surface area is 113 Å². The lowest BCUT2D eigenvalue weighted by Crippen LogP contribution is -2.34. The molecule has 2 rings (SSSR count). The van der Waals surface area contributed by atoms with Crippen LogP contribution in [0.1, 0.15) is 25.7 Å². The highest BCUT2D eigenvalue weighted by Crippen LogP contribution is 2.37. The molecule has 1 aromatic carbocycles. The maximum absolute atomic E-state index is 10.9. The van der Waals surface area contributed by atoms with Gasteiger partial charge in [-0.2, -0.15) is 0 Å². The number of aliphatic hydroxyl groups is 1. The van der Waals surface area contributed by atoms with Gasteiger partial charge >= 0.3 is 5.69 Å². The van der Waals surface area contributed by atoms with E-state index in [0.29, 0.717) is 10.9 Å². The average molecular weight is 316 g/mol. The van der Waals surface area contributed by atoms with E-state index in [9.17, 15) is 15.2 Å². The minimum atomic E-state index is -0.550. The molecule has 0 bridgehead atoms. The van der Waals surface area contributed by atoms with Crippen LogP contribution in [0.15, 0.2) is 22.7 Å². The monoisotopic (exact) mass is 315 g/mol. The maximum Gasteiger partial charge on any atom is 0.312 e. The predicted octanol–water partition coefficient (Wildman–Crippen LogP) is 3.04. The summed E-state index contributed by atoms with van der Waals surface area (Å²) in [7, 11) is 0. The Kier molecular flexibility index (Phi) is 4.19. The number of nitro benzene ring substituents is 1. The highest BCUT2D eigenvalue weighted by atomic mass is 79.9. The van der Waals surface area contributed by atoms with E-state index in [1.807, 2.05) is 0 Å². The standard InChI is InChI=1S/C12H14BrNO4/c13-8-4-3-5-9(14(16)17)12(8)18-11-7-2-1-6-10(11)15/h3-5,10-11,15H,1-2,6-7H2. The van der Waals surface area contributed by atoms with Gasteiger partial charge in [-0.1, -0.05) is 12.5 Å². The Morgan fingerprint density at radius 1 is 1.39 bits per heavy atom. The van der Waals surface area contributed by atoms with Gasteiger partial charge in [0.15, 0.2) is 0 Å². The molecule has 0 heterocycles. The van der Waals surface area contributed by atoms with Gasteiger partial charge in [-0.15, -0.1) is 0 Å². The zero-order valence-electron chi connectivity index (χ0n) is 9.71. The highest BCUT2D eigenvalue weighted by Gasteiger charge is 2.28. The number of benzene rings is 1. The van der Waals surface area contributed by atoms with Crippen LogP contribution in [0.5, 0.6) is 5.75 Å². The van der Waals surface area contributed by atoms with Gasteiger partial charge < -0.3 is 9.84 Å². The van der Waals surface area contributed by atoms with Gasteiger partial charge in [0.1, 0.15) is 6.10 Å². The Balaban J connectivity index is 2.24. The van der Waals surface area contributed by atoms with Crippen LogP contribution in [-0.2, 0) is 0 Å². The summed E-state index contributed by atoms with van der Waals surface area (Å²) in [5.41, 5.74) is -0.0813. The number of ether oxygens (including phenoxy) is 1. The van der Waals surface area contributed by atoms with E-state index in [-0.39, 0.29) is 17.5 Å². The van der Waals surface area contributed by atoms with E-state index < -0.39 is 11.0 Å². The molecule has 2 unspecified atom stereocenters. The van der Waals surface area contributed by atoms with Crippen LogP contribution in [0.3, 0.4) is 0 Å². The average Bonchev–Trinajstić information content (AvgIpc) is 2.34. The Morgan fingerprint density at radius 2 is 2.11 bits per heavy atom. The summed E-state index contributed by atoms with van der Waals surface area (Å²) in [6.07, 6.45) is 2.43. The Bertz CT molecular complexity index is 452. The van der Waals surface area contributed by atoms with Crippen LogP contribution in [0.4, 0.5) is 5.69 Å². The molecule has 1 saturated carbocycles. The van der Waals surface area contributed by atoms with Crippen molar-refractivity contribution in [2.75, 3.05) is 0 Å². The van der Waals surface area contributed by atoms with E-state index in [1.54, 1.807) is 12.1 Å². The van der Waals surface area contributed by atoms with Crippen molar-refractivity contribution in [2.45, 2.75) is 37.9 Å². The van der Waals surface area contributed by atoms with Gasteiger partial charge in [0, 0.05) is 6.07 Å². The molecule has 2 atom stereocenters. The van der Waals surface area contributed by atoms with Gasteiger partial charge in [0.2, 0.25) is 5.75 Å². The van der Waals surface area contributed by atoms with Crippen molar-refractivity contribution in [3.05, 3.63) is 32.8 Å². The Hall–Kier alpha value is -1.14. The molecule has 1 aliphatic carbocycles. The number of hydrogen-bond donors (Lipinski definition) is 1. The van der Waals surface area contributed by atoms with Crippen LogP contribution in [0.25, 0.3) is 0 Å². The lowest BCUT2D eigenvalue weighted by molar-refractivity contribution is -0.386. The summed E-state index contributed by atoms with van der Waals surface area (Å²) < 4.78 is 6.19. The highest BCUT2D eigenvalue weighted by molar-refractivity contribution is 9.10. The third-order valence-electron chi connectivity index (χ3n) is 3.08. The molecular formula is C12H14BrNO4. The molecule has 0 spiro atoms. The molecule has 6 heteroatoms. The summed E-state index contributed by atoms with van der Waals surface area (Å²) in [6, 6.07) is 4.68. The van der Waals surface area contributed by atoms with E-state index >= 15 is 0 Å². The number of hydrogen-bond acceptors (Lipinski definition) is 4. The van der Waals surface area contributed by atoms with Crippen LogP contribution in [0, 0.1) is 10.1 Å². The van der Waals surface area contributed by atoms with Gasteiger partial charge in [-0.25, -0.2) is 0 Å². The molecule has 1 aliphatic rings. The number of aliphatic hydroxyl groups excluding tert-OH is 1. The quantitative estimate of drug-likeness (QED) is 0.687. The normalized spacial score (nSPS) is 23.7. The second kappa shape index (κ2) is 5.67. The molecule has 5 nitrogen and oxygen atoms in total. The number of nitro groups is 1. The van der Waals surface area contributed by atoms with E-state index in [2.05, 4.69) is 15.9 Å². The van der Waals surface area contributed by atoms with Crippen molar-refractivity contribution in [2.24, 2.45) is 0 Å². The summed E-state index contributed by atoms with van der Waals surface area (Å²) in [6.45, 7) is 0. The van der Waals surface area contributed by atoms with E-state index in [1.165, 1.54) is 6.07 Å². The molecular weight excluding hydrogens is 302 g/mol. The van der Waals surface area contributed by atoms with Gasteiger partial charge in [0.05, 0.1) is 15.5 Å². The fourth-order valence-corrected chi connectivity index (χ4v) is 2.57. The third kappa shape index (κ3) is 2.81. The van der Waals surface area contributed by atoms with Crippen molar-refractivity contribution in [3.8, 4) is 5.75 Å². The summed E-state index contributed by atoms with van der Waals surface area (Å²) in [4.78, 5) is 10.5. The number of nitrogens with zero attached hydrogens (tertiary/aromatic N) is 1. The smallest absolute Gasteiger partial charge is 0.312 e. The first-order chi connectivity index (χ1) is 8.59. The molecule has 0 amide bonds. The molecule has 98 valence electrons. The predicted molar refractivity (Wildman–Crippen MR) is 69.7 cm³/mol. The van der Waals surface area contributed by atoms with Crippen LogP contribution in [-0.4, -0.2) is 22.2 Å². The minimum Gasteiger partial charge on any atom is -0.480 e. The topological polar surface area (TPSA) is 72.6 Å². The number of para-hydroxylation sites is 1. The molecule has 18 heavy (non-hydrogen) atoms. The van der Waals surface area contributed by atoms with Crippen LogP contribution >= 0.6 is 15.9 Å². The van der Waals surface area contributed by atoms with Crippen LogP contribution in [0.2, 0.25) is 0 Å². The zero-order chi connectivity index (χ0) is 13.1. The first-order valence-corrected chi connectivity index (χ1v) is 6.66. The van der Waals surface area contributed by atoms with Crippen molar-refractivity contribution >= 4 is 21.6 Å². The fraction of sp³-hybridized carbons (Fsp3) is 0.500. The molecule has 0 radical (unpaired) electrons. The SMILES string of the molecule is O=[N+]([O-])c1cccc(Br)c1OC1CCCCC1O. The second-order valence-electron chi connectivity index (χ2n) is 4.35. The molecule has 0 saturated heterocycles. The number of halogens is 1. The van der Waals surface area contributed by atoms with Crippen molar-refractivity contribution in [1.29, 1.82) is 0 Å². The van der Waals surface area contributed by atoms with Crippen molar-refractivity contribution in [3.63, 3.8) is 0 Å². The summed E-state index contributed by atoms with van der Waals surface area (Å²) in [5.74, 6) is 0.202. The molecule has 0 aromatic heterocycles. The van der Waals surface area contributed by atoms with Gasteiger partial charge in [-0.05, 0) is 41.3 Å². The summed E-state index contributed by atoms with van der Waals surface area (Å²) in [5, 5.41) is 20.8. The largest absolute Gasteiger partial charge is 0.480 e. The maximum atomic E-state index is 10.9. The summed E-state index contributed by atoms with van der Waals surface area (Å²) >= 11 is 3.25. The third-order valence-corrected chi connectivity index (χ3v) is 3.70. The lowest BCUT2D eigenvalue weighted by Gasteiger charge is -2.28. The molecule has 1 N–H and O–H groups in total. The van der Waals surface area contributed by atoms with Crippen LogP contribution < -0.4 is 4.74 Å². The Morgan fingerprint density at radius 3 is 2.78 bits per heavy atom. The van der Waals surface area contributed by atoms with Crippen molar-refractivity contribution < 1.29 is 14.8 Å². The second-order valence-corrected chi connectivity index (χ2v) is 5.21. The number of rotatable bonds is 3. The fourth-order valence-electron chi connectivity index (χ4n) is 2.12. The minimum absolute atomic E-state index is 0.0813. The zero-order valence-corrected chi connectivity index (χ0v) is 11.3.